The van der Waals surface area contributed by atoms with Crippen LogP contribution in [0, 0.1) is 0 Å². The molecule has 1 aliphatic heterocycles. The zero-order valence-corrected chi connectivity index (χ0v) is 11.7. The Labute approximate surface area is 108 Å². The van der Waals surface area contributed by atoms with Crippen LogP contribution >= 0.6 is 10.7 Å². The molecule has 0 saturated carbocycles. The van der Waals surface area contributed by atoms with Gasteiger partial charge in [-0.05, 0) is 20.8 Å². The smallest absolute Gasteiger partial charge is 0.410 e. The lowest BCUT2D eigenvalue weighted by atomic mass is 10.2. The number of halogens is 3. The number of carbonyl (C=O) groups excluding carboxylic acids is 1. The Morgan fingerprint density at radius 2 is 1.94 bits per heavy atom. The van der Waals surface area contributed by atoms with Crippen molar-refractivity contribution in [2.75, 3.05) is 13.1 Å². The van der Waals surface area contributed by atoms with Crippen LogP contribution in [-0.2, 0) is 13.8 Å². The maximum atomic E-state index is 13.4. The molecule has 1 amide bonds. The molecular formula is C9H14ClF2NO4S. The maximum absolute atomic E-state index is 13.4. The fourth-order valence-corrected chi connectivity index (χ4v) is 2.92. The third-order valence-corrected chi connectivity index (χ3v) is 4.07. The fourth-order valence-electron chi connectivity index (χ4n) is 1.52. The van der Waals surface area contributed by atoms with E-state index >= 15 is 0 Å². The highest BCUT2D eigenvalue weighted by molar-refractivity contribution is 8.14. The zero-order valence-electron chi connectivity index (χ0n) is 10.1. The van der Waals surface area contributed by atoms with E-state index in [1.807, 2.05) is 0 Å². The van der Waals surface area contributed by atoms with Gasteiger partial charge in [-0.2, -0.15) is 0 Å². The molecule has 5 nitrogen and oxygen atoms in total. The number of rotatable bonds is 1. The van der Waals surface area contributed by atoms with Gasteiger partial charge in [0.25, 0.3) is 5.92 Å². The summed E-state index contributed by atoms with van der Waals surface area (Å²) in [6.07, 6.45) is -0.981. The summed E-state index contributed by atoms with van der Waals surface area (Å²) < 4.78 is 53.8. The minimum Gasteiger partial charge on any atom is -0.444 e. The molecule has 9 heteroatoms. The first-order chi connectivity index (χ1) is 7.83. The molecule has 1 rings (SSSR count). The first kappa shape index (κ1) is 15.4. The zero-order chi connectivity index (χ0) is 14.4. The van der Waals surface area contributed by atoms with E-state index in [0.29, 0.717) is 4.90 Å². The van der Waals surface area contributed by atoms with E-state index in [9.17, 15) is 22.0 Å². The summed E-state index contributed by atoms with van der Waals surface area (Å²) in [5.41, 5.74) is -0.843. The second-order valence-corrected chi connectivity index (χ2v) is 7.90. The molecule has 0 aliphatic carbocycles. The number of hydrogen-bond acceptors (Lipinski definition) is 4. The van der Waals surface area contributed by atoms with E-state index in [0.717, 1.165) is 0 Å². The molecule has 0 N–H and O–H groups in total. The van der Waals surface area contributed by atoms with E-state index in [1.54, 1.807) is 20.8 Å². The van der Waals surface area contributed by atoms with Crippen LogP contribution < -0.4 is 0 Å². The Morgan fingerprint density at radius 1 is 1.44 bits per heavy atom. The highest BCUT2D eigenvalue weighted by atomic mass is 35.7. The number of ether oxygens (including phenoxy) is 1. The van der Waals surface area contributed by atoms with E-state index < -0.39 is 45.0 Å². The van der Waals surface area contributed by atoms with E-state index in [2.05, 4.69) is 0 Å². The number of hydrogen-bond donors (Lipinski definition) is 0. The number of carbonyl (C=O) groups is 1. The molecule has 0 radical (unpaired) electrons. The lowest BCUT2D eigenvalue weighted by molar-refractivity contribution is -0.000365. The van der Waals surface area contributed by atoms with E-state index in [1.165, 1.54) is 0 Å². The van der Waals surface area contributed by atoms with E-state index in [-0.39, 0.29) is 0 Å². The topological polar surface area (TPSA) is 63.7 Å². The monoisotopic (exact) mass is 305 g/mol. The minimum atomic E-state index is -4.45. The van der Waals surface area contributed by atoms with Gasteiger partial charge in [0.1, 0.15) is 5.60 Å². The summed E-state index contributed by atoms with van der Waals surface area (Å²) in [7, 11) is 0.493. The maximum Gasteiger partial charge on any atom is 0.410 e. The Morgan fingerprint density at radius 3 is 2.28 bits per heavy atom. The standard InChI is InChI=1S/C9H14ClF2NO4S/c1-8(2,3)17-7(14)13-4-6(18(10,15)16)9(11,12)5-13/h6H,4-5H2,1-3H3/t6-/m0/s1. The van der Waals surface area contributed by atoms with Gasteiger partial charge in [0.05, 0.1) is 6.54 Å². The van der Waals surface area contributed by atoms with Crippen molar-refractivity contribution in [1.29, 1.82) is 0 Å². The van der Waals surface area contributed by atoms with Crippen molar-refractivity contribution < 1.29 is 26.7 Å². The summed E-state index contributed by atoms with van der Waals surface area (Å²) in [4.78, 5) is 12.2. The third-order valence-electron chi connectivity index (χ3n) is 2.25. The molecule has 0 unspecified atom stereocenters. The van der Waals surface area contributed by atoms with Gasteiger partial charge in [-0.3, -0.25) is 0 Å². The molecule has 1 saturated heterocycles. The summed E-state index contributed by atoms with van der Waals surface area (Å²) >= 11 is 0. The largest absolute Gasteiger partial charge is 0.444 e. The van der Waals surface area contributed by atoms with Crippen LogP contribution in [0.25, 0.3) is 0 Å². The second-order valence-electron chi connectivity index (χ2n) is 5.09. The molecule has 0 aromatic heterocycles. The van der Waals surface area contributed by atoms with Crippen LogP contribution in [0.1, 0.15) is 20.8 Å². The molecule has 0 bridgehead atoms. The van der Waals surface area contributed by atoms with Crippen molar-refractivity contribution >= 4 is 25.8 Å². The van der Waals surface area contributed by atoms with Gasteiger partial charge in [-0.25, -0.2) is 22.0 Å². The molecule has 106 valence electrons. The first-order valence-corrected chi connectivity index (χ1v) is 7.49. The molecule has 1 heterocycles. The van der Waals surface area contributed by atoms with Crippen LogP contribution in [-0.4, -0.2) is 49.3 Å². The average molecular weight is 306 g/mol. The fraction of sp³-hybridized carbons (Fsp3) is 0.889. The van der Waals surface area contributed by atoms with Gasteiger partial charge in [0.2, 0.25) is 9.05 Å². The van der Waals surface area contributed by atoms with Gasteiger partial charge in [-0.1, -0.05) is 0 Å². The molecule has 18 heavy (non-hydrogen) atoms. The van der Waals surface area contributed by atoms with Crippen molar-refractivity contribution in [1.82, 2.24) is 4.90 Å². The predicted molar refractivity (Wildman–Crippen MR) is 61.3 cm³/mol. The quantitative estimate of drug-likeness (QED) is 0.693. The molecule has 1 fully saturated rings. The molecular weight excluding hydrogens is 292 g/mol. The van der Waals surface area contributed by atoms with Crippen LogP contribution in [0.15, 0.2) is 0 Å². The van der Waals surface area contributed by atoms with Crippen LogP contribution in [0.5, 0.6) is 0 Å². The van der Waals surface area contributed by atoms with Crippen LogP contribution in [0.3, 0.4) is 0 Å². The van der Waals surface area contributed by atoms with Gasteiger partial charge in [-0.15, -0.1) is 0 Å². The van der Waals surface area contributed by atoms with Gasteiger partial charge in [0.15, 0.2) is 5.25 Å². The van der Waals surface area contributed by atoms with Crippen molar-refractivity contribution in [2.45, 2.75) is 37.5 Å². The van der Waals surface area contributed by atoms with Crippen molar-refractivity contribution in [3.05, 3.63) is 0 Å². The lowest BCUT2D eigenvalue weighted by Crippen LogP contribution is -2.36. The van der Waals surface area contributed by atoms with Crippen molar-refractivity contribution in [2.24, 2.45) is 0 Å². The number of alkyl halides is 2. The third kappa shape index (κ3) is 3.68. The summed E-state index contributed by atoms with van der Waals surface area (Å²) in [6, 6.07) is 0. The number of likely N-dealkylation sites (tertiary alicyclic amines) is 1. The highest BCUT2D eigenvalue weighted by Gasteiger charge is 2.56. The minimum absolute atomic E-state index is 0.649. The van der Waals surface area contributed by atoms with Crippen LogP contribution in [0.4, 0.5) is 13.6 Å². The highest BCUT2D eigenvalue weighted by Crippen LogP contribution is 2.34. The first-order valence-electron chi connectivity index (χ1n) is 5.12. The molecule has 0 aromatic carbocycles. The predicted octanol–water partition coefficient (Wildman–Crippen LogP) is 1.81. The van der Waals surface area contributed by atoms with Crippen molar-refractivity contribution in [3.63, 3.8) is 0 Å². The Balaban J connectivity index is 2.84. The molecule has 0 aromatic rings. The second kappa shape index (κ2) is 4.48. The Hall–Kier alpha value is -0.630. The molecule has 1 aliphatic rings. The van der Waals surface area contributed by atoms with Crippen molar-refractivity contribution in [3.8, 4) is 0 Å². The number of nitrogens with zero attached hydrogens (tertiary/aromatic N) is 1. The Kier molecular flexibility index (Phi) is 3.84. The Bertz CT molecular complexity index is 446. The summed E-state index contributed by atoms with van der Waals surface area (Å²) in [5, 5.41) is -2.10. The van der Waals surface area contributed by atoms with Gasteiger partial charge >= 0.3 is 6.09 Å². The van der Waals surface area contributed by atoms with E-state index in [4.69, 9.17) is 15.4 Å². The van der Waals surface area contributed by atoms with Gasteiger partial charge < -0.3 is 9.64 Å². The van der Waals surface area contributed by atoms with Crippen LogP contribution in [0.2, 0.25) is 0 Å². The molecule has 0 spiro atoms. The molecule has 1 atom stereocenters. The normalized spacial score (nSPS) is 24.1. The summed E-state index contributed by atoms with van der Waals surface area (Å²) in [5.74, 6) is -3.57. The average Bonchev–Trinajstić information content (AvgIpc) is 2.37. The SMILES string of the molecule is CC(C)(C)OC(=O)N1C[C@H](S(=O)(=O)Cl)C(F)(F)C1. The number of amides is 1. The van der Waals surface area contributed by atoms with Gasteiger partial charge in [0, 0.05) is 17.2 Å². The summed E-state index contributed by atoms with van der Waals surface area (Å²) in [6.45, 7) is 3.05. The lowest BCUT2D eigenvalue weighted by Gasteiger charge is -2.24.